The molecule has 0 saturated carbocycles. The number of hydrogen-bond acceptors (Lipinski definition) is 5. The summed E-state index contributed by atoms with van der Waals surface area (Å²) in [5, 5.41) is 18.1. The molecule has 0 fully saturated rings. The first-order chi connectivity index (χ1) is 16.1. The van der Waals surface area contributed by atoms with Crippen molar-refractivity contribution in [2.24, 2.45) is 0 Å². The van der Waals surface area contributed by atoms with Gasteiger partial charge in [0, 0.05) is 16.5 Å². The number of carbonyl (C=O) groups is 1. The maximum Gasteiger partial charge on any atom is 0.305 e. The lowest BCUT2D eigenvalue weighted by Gasteiger charge is -2.05. The minimum Gasteiger partial charge on any atom is -0.481 e. The summed E-state index contributed by atoms with van der Waals surface area (Å²) in [6.45, 7) is 7.88. The normalized spacial score (nSPS) is 10.9. The van der Waals surface area contributed by atoms with Crippen molar-refractivity contribution in [3.63, 3.8) is 0 Å². The topological polar surface area (TPSA) is 98.4 Å². The van der Waals surface area contributed by atoms with E-state index < -0.39 is 5.97 Å². The van der Waals surface area contributed by atoms with E-state index in [0.29, 0.717) is 29.5 Å². The third-order valence-corrected chi connectivity index (χ3v) is 5.31. The van der Waals surface area contributed by atoms with Crippen molar-refractivity contribution in [3.05, 3.63) is 84.3 Å². The molecule has 0 unspecified atom stereocenters. The number of nitrogens with zero attached hydrogens (tertiary/aromatic N) is 5. The molecule has 0 spiro atoms. The van der Waals surface area contributed by atoms with Crippen molar-refractivity contribution in [2.75, 3.05) is 0 Å². The van der Waals surface area contributed by atoms with Crippen LogP contribution >= 0.6 is 0 Å². The fraction of sp³-hybridized carbons (Fsp3) is 0.0800. The number of carboxylic acid groups (broad SMARTS) is 1. The van der Waals surface area contributed by atoms with Crippen LogP contribution in [0.15, 0.2) is 77.4 Å². The molecule has 2 heterocycles. The van der Waals surface area contributed by atoms with Crippen LogP contribution in [0.1, 0.15) is 6.42 Å². The zero-order valence-corrected chi connectivity index (χ0v) is 17.3. The molecule has 5 rings (SSSR count). The summed E-state index contributed by atoms with van der Waals surface area (Å²) in [5.74, 6) is -0.124. The SMILES string of the molecule is [C-]#[N+]c1cc(-c2nc(-c3ccc4c(cnn4CCC(=O)O)c3)no2)ccc1-c1ccccc1. The molecule has 0 aliphatic rings. The standard InChI is InChI=1S/C25H17N5O3/c1-26-21-14-18(7-9-20(21)16-5-3-2-4-6-16)25-28-24(29-33-25)17-8-10-22-19(13-17)15-27-30(22)12-11-23(31)32/h2-10,13-15H,11-12H2,(H,31,32). The predicted molar refractivity (Wildman–Crippen MR) is 122 cm³/mol. The molecule has 33 heavy (non-hydrogen) atoms. The number of benzene rings is 3. The summed E-state index contributed by atoms with van der Waals surface area (Å²) in [5.41, 5.74) is 4.58. The van der Waals surface area contributed by atoms with Crippen LogP contribution in [0, 0.1) is 6.57 Å². The Labute approximate surface area is 188 Å². The van der Waals surface area contributed by atoms with Crippen molar-refractivity contribution in [1.29, 1.82) is 0 Å². The summed E-state index contributed by atoms with van der Waals surface area (Å²) >= 11 is 0. The third kappa shape index (κ3) is 3.95. The maximum atomic E-state index is 10.8. The van der Waals surface area contributed by atoms with Gasteiger partial charge in [0.2, 0.25) is 5.82 Å². The van der Waals surface area contributed by atoms with E-state index >= 15 is 0 Å². The average Bonchev–Trinajstić information content (AvgIpc) is 3.50. The molecule has 0 radical (unpaired) electrons. The molecule has 3 aromatic carbocycles. The molecule has 0 aliphatic carbocycles. The van der Waals surface area contributed by atoms with Gasteiger partial charge in [0.1, 0.15) is 0 Å². The van der Waals surface area contributed by atoms with E-state index in [-0.39, 0.29) is 6.42 Å². The molecule has 0 amide bonds. The average molecular weight is 435 g/mol. The second-order valence-electron chi connectivity index (χ2n) is 7.42. The minimum atomic E-state index is -0.868. The van der Waals surface area contributed by atoms with E-state index in [0.717, 1.165) is 27.6 Å². The molecule has 0 aliphatic heterocycles. The molecule has 0 atom stereocenters. The van der Waals surface area contributed by atoms with Crippen LogP contribution in [-0.4, -0.2) is 31.0 Å². The van der Waals surface area contributed by atoms with Gasteiger partial charge in [-0.1, -0.05) is 47.6 Å². The van der Waals surface area contributed by atoms with Crippen LogP contribution in [0.4, 0.5) is 5.69 Å². The monoisotopic (exact) mass is 435 g/mol. The number of carboxylic acids is 1. The molecule has 8 heteroatoms. The molecular weight excluding hydrogens is 418 g/mol. The summed E-state index contributed by atoms with van der Waals surface area (Å²) in [7, 11) is 0. The van der Waals surface area contributed by atoms with E-state index in [9.17, 15) is 4.79 Å². The fourth-order valence-electron chi connectivity index (χ4n) is 3.68. The first-order valence-electron chi connectivity index (χ1n) is 10.2. The van der Waals surface area contributed by atoms with Crippen LogP contribution in [-0.2, 0) is 11.3 Å². The summed E-state index contributed by atoms with van der Waals surface area (Å²) in [6, 6.07) is 20.8. The zero-order valence-electron chi connectivity index (χ0n) is 17.3. The molecule has 5 aromatic rings. The molecule has 0 bridgehead atoms. The van der Waals surface area contributed by atoms with Gasteiger partial charge in [-0.3, -0.25) is 9.48 Å². The first-order valence-corrected chi connectivity index (χ1v) is 10.2. The van der Waals surface area contributed by atoms with Gasteiger partial charge >= 0.3 is 5.97 Å². The fourth-order valence-corrected chi connectivity index (χ4v) is 3.68. The quantitative estimate of drug-likeness (QED) is 0.356. The van der Waals surface area contributed by atoms with Gasteiger partial charge in [0.15, 0.2) is 5.69 Å². The van der Waals surface area contributed by atoms with Crippen LogP contribution in [0.5, 0.6) is 0 Å². The van der Waals surface area contributed by atoms with Gasteiger partial charge in [-0.2, -0.15) is 10.1 Å². The van der Waals surface area contributed by atoms with Gasteiger partial charge in [0.25, 0.3) is 5.89 Å². The maximum absolute atomic E-state index is 10.8. The van der Waals surface area contributed by atoms with Gasteiger partial charge in [-0.25, -0.2) is 4.85 Å². The smallest absolute Gasteiger partial charge is 0.305 e. The summed E-state index contributed by atoms with van der Waals surface area (Å²) in [6.07, 6.45) is 1.69. The van der Waals surface area contributed by atoms with Gasteiger partial charge in [-0.05, 0) is 35.4 Å². The Morgan fingerprint density at radius 1 is 1.03 bits per heavy atom. The Hall–Kier alpha value is -4.77. The lowest BCUT2D eigenvalue weighted by molar-refractivity contribution is -0.137. The van der Waals surface area contributed by atoms with E-state index in [2.05, 4.69) is 20.1 Å². The van der Waals surface area contributed by atoms with Gasteiger partial charge in [-0.15, -0.1) is 0 Å². The van der Waals surface area contributed by atoms with E-state index in [1.165, 1.54) is 0 Å². The van der Waals surface area contributed by atoms with Crippen LogP contribution < -0.4 is 0 Å². The Morgan fingerprint density at radius 3 is 2.64 bits per heavy atom. The van der Waals surface area contributed by atoms with Crippen molar-refractivity contribution in [3.8, 4) is 34.0 Å². The van der Waals surface area contributed by atoms with E-state index in [1.807, 2.05) is 60.7 Å². The number of fused-ring (bicyclic) bond motifs is 1. The highest BCUT2D eigenvalue weighted by Crippen LogP contribution is 2.34. The number of rotatable bonds is 6. The number of aromatic nitrogens is 4. The lowest BCUT2D eigenvalue weighted by atomic mass is 10.0. The highest BCUT2D eigenvalue weighted by Gasteiger charge is 2.15. The molecule has 160 valence electrons. The largest absolute Gasteiger partial charge is 0.481 e. The molecule has 2 aromatic heterocycles. The molecule has 0 saturated heterocycles. The second-order valence-corrected chi connectivity index (χ2v) is 7.42. The Morgan fingerprint density at radius 2 is 1.85 bits per heavy atom. The molecule has 1 N–H and O–H groups in total. The van der Waals surface area contributed by atoms with Gasteiger partial charge < -0.3 is 9.63 Å². The predicted octanol–water partition coefficient (Wildman–Crippen LogP) is 5.45. The third-order valence-electron chi connectivity index (χ3n) is 5.31. The highest BCUT2D eigenvalue weighted by molar-refractivity contribution is 5.84. The second kappa shape index (κ2) is 8.40. The van der Waals surface area contributed by atoms with Crippen molar-refractivity contribution in [1.82, 2.24) is 19.9 Å². The Bertz CT molecular complexity index is 1510. The lowest BCUT2D eigenvalue weighted by Crippen LogP contribution is -2.05. The van der Waals surface area contributed by atoms with E-state index in [4.69, 9.17) is 16.2 Å². The van der Waals surface area contributed by atoms with Crippen LogP contribution in [0.2, 0.25) is 0 Å². The minimum absolute atomic E-state index is 0.00237. The van der Waals surface area contributed by atoms with Crippen molar-refractivity contribution < 1.29 is 14.4 Å². The van der Waals surface area contributed by atoms with Crippen LogP contribution in [0.25, 0.3) is 49.7 Å². The summed E-state index contributed by atoms with van der Waals surface area (Å²) in [4.78, 5) is 19.0. The molecule has 8 nitrogen and oxygen atoms in total. The van der Waals surface area contributed by atoms with Crippen molar-refractivity contribution in [2.45, 2.75) is 13.0 Å². The number of aryl methyl sites for hydroxylation is 1. The number of hydrogen-bond donors (Lipinski definition) is 1. The highest BCUT2D eigenvalue weighted by atomic mass is 16.5. The summed E-state index contributed by atoms with van der Waals surface area (Å²) < 4.78 is 7.14. The van der Waals surface area contributed by atoms with E-state index in [1.54, 1.807) is 16.9 Å². The molecular formula is C25H17N5O3. The Kier molecular flexibility index (Phi) is 5.13. The zero-order chi connectivity index (χ0) is 22.8. The van der Waals surface area contributed by atoms with Gasteiger partial charge in [0.05, 0.1) is 31.3 Å². The first kappa shape index (κ1) is 20.2. The van der Waals surface area contributed by atoms with Crippen LogP contribution in [0.3, 0.4) is 0 Å². The number of aliphatic carboxylic acids is 1. The van der Waals surface area contributed by atoms with Crippen molar-refractivity contribution >= 4 is 22.6 Å². The Balaban J connectivity index is 1.44.